The van der Waals surface area contributed by atoms with E-state index in [1.54, 1.807) is 39.0 Å². The standard InChI is InChI=1S/C11H13BrN4O2/c1-11(2,3)18-10(17)14-7-4-5-8(12)9(6-7)15-16-13/h4-6H,1-3H3,(H,14,17). The fraction of sp³-hybridized carbons (Fsp3) is 0.364. The Morgan fingerprint density at radius 2 is 2.17 bits per heavy atom. The lowest BCUT2D eigenvalue weighted by Crippen LogP contribution is -2.27. The van der Waals surface area contributed by atoms with E-state index < -0.39 is 11.7 Å². The minimum Gasteiger partial charge on any atom is -0.444 e. The van der Waals surface area contributed by atoms with Gasteiger partial charge in [0.05, 0.1) is 5.69 Å². The van der Waals surface area contributed by atoms with Crippen LogP contribution < -0.4 is 5.32 Å². The van der Waals surface area contributed by atoms with Crippen LogP contribution in [0.1, 0.15) is 20.8 Å². The minimum atomic E-state index is -0.562. The number of amides is 1. The molecular weight excluding hydrogens is 300 g/mol. The summed E-state index contributed by atoms with van der Waals surface area (Å²) in [6.45, 7) is 5.33. The molecular formula is C11H13BrN4O2. The Morgan fingerprint density at radius 3 is 2.72 bits per heavy atom. The summed E-state index contributed by atoms with van der Waals surface area (Å²) in [5, 5.41) is 6.05. The third-order valence-electron chi connectivity index (χ3n) is 1.74. The van der Waals surface area contributed by atoms with Gasteiger partial charge >= 0.3 is 6.09 Å². The zero-order valence-corrected chi connectivity index (χ0v) is 11.9. The molecule has 1 rings (SSSR count). The number of nitrogens with zero attached hydrogens (tertiary/aromatic N) is 3. The second-order valence-corrected chi connectivity index (χ2v) is 5.34. The maximum atomic E-state index is 11.5. The molecule has 0 saturated carbocycles. The van der Waals surface area contributed by atoms with E-state index in [1.807, 2.05) is 0 Å². The van der Waals surface area contributed by atoms with Crippen molar-refractivity contribution in [3.8, 4) is 0 Å². The number of hydrogen-bond donors (Lipinski definition) is 1. The molecule has 6 nitrogen and oxygen atoms in total. The number of halogens is 1. The summed E-state index contributed by atoms with van der Waals surface area (Å²) in [5.41, 5.74) is 8.72. The molecule has 0 aliphatic heterocycles. The molecule has 1 aromatic rings. The third kappa shape index (κ3) is 4.65. The van der Waals surface area contributed by atoms with Gasteiger partial charge in [-0.3, -0.25) is 5.32 Å². The van der Waals surface area contributed by atoms with Crippen LogP contribution in [0, 0.1) is 0 Å². The number of carbonyl (C=O) groups excluding carboxylic acids is 1. The molecule has 7 heteroatoms. The maximum absolute atomic E-state index is 11.5. The smallest absolute Gasteiger partial charge is 0.412 e. The second kappa shape index (κ2) is 5.75. The highest BCUT2D eigenvalue weighted by atomic mass is 79.9. The molecule has 96 valence electrons. The van der Waals surface area contributed by atoms with Crippen LogP contribution in [-0.4, -0.2) is 11.7 Å². The molecule has 0 aliphatic rings. The molecule has 0 unspecified atom stereocenters. The zero-order chi connectivity index (χ0) is 13.8. The van der Waals surface area contributed by atoms with Crippen LogP contribution in [0.25, 0.3) is 10.4 Å². The number of rotatable bonds is 2. The highest BCUT2D eigenvalue weighted by Crippen LogP contribution is 2.28. The highest BCUT2D eigenvalue weighted by molar-refractivity contribution is 9.10. The van der Waals surface area contributed by atoms with Crippen LogP contribution in [0.2, 0.25) is 0 Å². The summed E-state index contributed by atoms with van der Waals surface area (Å²) >= 11 is 3.24. The lowest BCUT2D eigenvalue weighted by atomic mass is 10.2. The molecule has 1 N–H and O–H groups in total. The molecule has 1 amide bonds. The fourth-order valence-corrected chi connectivity index (χ4v) is 1.46. The average Bonchev–Trinajstić information content (AvgIpc) is 2.20. The molecule has 0 fully saturated rings. The quantitative estimate of drug-likeness (QED) is 0.485. The van der Waals surface area contributed by atoms with Crippen LogP contribution in [0.3, 0.4) is 0 Å². The van der Waals surface area contributed by atoms with E-state index in [-0.39, 0.29) is 0 Å². The molecule has 0 radical (unpaired) electrons. The first-order chi connectivity index (χ1) is 8.31. The van der Waals surface area contributed by atoms with E-state index in [1.165, 1.54) is 0 Å². The van der Waals surface area contributed by atoms with Gasteiger partial charge in [-0.1, -0.05) is 21.0 Å². The van der Waals surface area contributed by atoms with Crippen LogP contribution in [0.15, 0.2) is 27.8 Å². The number of hydrogen-bond acceptors (Lipinski definition) is 3. The van der Waals surface area contributed by atoms with Gasteiger partial charge in [0, 0.05) is 15.1 Å². The Kier molecular flexibility index (Phi) is 4.58. The first-order valence-corrected chi connectivity index (χ1v) is 5.96. The molecule has 0 saturated heterocycles. The van der Waals surface area contributed by atoms with Crippen LogP contribution in [-0.2, 0) is 4.74 Å². The normalized spacial score (nSPS) is 10.4. The van der Waals surface area contributed by atoms with Gasteiger partial charge in [-0.05, 0) is 44.5 Å². The van der Waals surface area contributed by atoms with Gasteiger partial charge in [-0.15, -0.1) is 0 Å². The Bertz CT molecular complexity index is 504. The predicted molar refractivity (Wildman–Crippen MR) is 72.8 cm³/mol. The predicted octanol–water partition coefficient (Wildman–Crippen LogP) is 4.74. The van der Waals surface area contributed by atoms with Crippen LogP contribution in [0.5, 0.6) is 0 Å². The average molecular weight is 313 g/mol. The number of anilines is 1. The SMILES string of the molecule is CC(C)(C)OC(=O)Nc1ccc(Br)c(N=[N+]=[N-])c1. The number of nitrogens with one attached hydrogen (secondary N) is 1. The van der Waals surface area contributed by atoms with E-state index in [4.69, 9.17) is 10.3 Å². The number of ether oxygens (including phenoxy) is 1. The van der Waals surface area contributed by atoms with E-state index >= 15 is 0 Å². The maximum Gasteiger partial charge on any atom is 0.412 e. The van der Waals surface area contributed by atoms with Crippen molar-refractivity contribution < 1.29 is 9.53 Å². The van der Waals surface area contributed by atoms with Crippen LogP contribution in [0.4, 0.5) is 16.2 Å². The van der Waals surface area contributed by atoms with E-state index in [9.17, 15) is 4.79 Å². The lowest BCUT2D eigenvalue weighted by Gasteiger charge is -2.19. The van der Waals surface area contributed by atoms with Crippen molar-refractivity contribution in [1.82, 2.24) is 0 Å². The highest BCUT2D eigenvalue weighted by Gasteiger charge is 2.16. The molecule has 18 heavy (non-hydrogen) atoms. The summed E-state index contributed by atoms with van der Waals surface area (Å²) in [5.74, 6) is 0. The van der Waals surface area contributed by atoms with E-state index in [0.29, 0.717) is 15.8 Å². The molecule has 0 aliphatic carbocycles. The van der Waals surface area contributed by atoms with Crippen LogP contribution >= 0.6 is 15.9 Å². The molecule has 0 heterocycles. The lowest BCUT2D eigenvalue weighted by molar-refractivity contribution is 0.0636. The fourth-order valence-electron chi connectivity index (χ4n) is 1.14. The van der Waals surface area contributed by atoms with Crippen molar-refractivity contribution in [2.24, 2.45) is 5.11 Å². The van der Waals surface area contributed by atoms with Crippen molar-refractivity contribution in [1.29, 1.82) is 0 Å². The molecule has 0 atom stereocenters. The molecule has 1 aromatic carbocycles. The first kappa shape index (κ1) is 14.3. The van der Waals surface area contributed by atoms with E-state index in [2.05, 4.69) is 31.3 Å². The number of azide groups is 1. The van der Waals surface area contributed by atoms with E-state index in [0.717, 1.165) is 0 Å². The third-order valence-corrected chi connectivity index (χ3v) is 2.41. The van der Waals surface area contributed by atoms with Gasteiger partial charge < -0.3 is 4.74 Å². The van der Waals surface area contributed by atoms with Gasteiger partial charge in [-0.25, -0.2) is 4.79 Å². The topological polar surface area (TPSA) is 87.1 Å². The van der Waals surface area contributed by atoms with Crippen molar-refractivity contribution in [2.75, 3.05) is 5.32 Å². The molecule has 0 aromatic heterocycles. The van der Waals surface area contributed by atoms with Gasteiger partial charge in [0.25, 0.3) is 0 Å². The summed E-state index contributed by atoms with van der Waals surface area (Å²) in [7, 11) is 0. The Hall–Kier alpha value is -1.72. The van der Waals surface area contributed by atoms with Crippen molar-refractivity contribution in [3.05, 3.63) is 33.1 Å². The Labute approximate surface area is 113 Å². The van der Waals surface area contributed by atoms with Gasteiger partial charge in [-0.2, -0.15) is 0 Å². The molecule has 0 spiro atoms. The Balaban J connectivity index is 2.83. The second-order valence-electron chi connectivity index (χ2n) is 4.48. The van der Waals surface area contributed by atoms with Gasteiger partial charge in [0.1, 0.15) is 5.60 Å². The summed E-state index contributed by atoms with van der Waals surface area (Å²) in [6.07, 6.45) is -0.559. The van der Waals surface area contributed by atoms with Crippen molar-refractivity contribution in [3.63, 3.8) is 0 Å². The first-order valence-electron chi connectivity index (χ1n) is 5.16. The van der Waals surface area contributed by atoms with Crippen molar-refractivity contribution >= 4 is 33.4 Å². The Morgan fingerprint density at radius 1 is 1.50 bits per heavy atom. The number of benzene rings is 1. The monoisotopic (exact) mass is 312 g/mol. The summed E-state index contributed by atoms with van der Waals surface area (Å²) < 4.78 is 5.75. The largest absolute Gasteiger partial charge is 0.444 e. The summed E-state index contributed by atoms with van der Waals surface area (Å²) in [6, 6.07) is 4.90. The van der Waals surface area contributed by atoms with Gasteiger partial charge in [0.15, 0.2) is 0 Å². The number of carbonyl (C=O) groups is 1. The minimum absolute atomic E-state index is 0.394. The summed E-state index contributed by atoms with van der Waals surface area (Å²) in [4.78, 5) is 14.2. The zero-order valence-electron chi connectivity index (χ0n) is 10.3. The van der Waals surface area contributed by atoms with Gasteiger partial charge in [0.2, 0.25) is 0 Å². The van der Waals surface area contributed by atoms with Crippen molar-refractivity contribution in [2.45, 2.75) is 26.4 Å². The molecule has 0 bridgehead atoms.